The van der Waals surface area contributed by atoms with Gasteiger partial charge < -0.3 is 19.1 Å². The van der Waals surface area contributed by atoms with Crippen LogP contribution in [0, 0.1) is 11.8 Å². The van der Waals surface area contributed by atoms with Crippen LogP contribution in [0.3, 0.4) is 0 Å². The lowest BCUT2D eigenvalue weighted by Crippen LogP contribution is -2.20. The van der Waals surface area contributed by atoms with E-state index in [-0.39, 0.29) is 0 Å². The highest BCUT2D eigenvalue weighted by atomic mass is 16.5. The number of hydrogen-bond acceptors (Lipinski definition) is 6. The van der Waals surface area contributed by atoms with Crippen molar-refractivity contribution in [2.24, 2.45) is 0 Å². The van der Waals surface area contributed by atoms with Gasteiger partial charge in [0.15, 0.2) is 5.69 Å². The Bertz CT molecular complexity index is 1010. The van der Waals surface area contributed by atoms with Crippen LogP contribution >= 0.6 is 0 Å². The molecule has 0 N–H and O–H groups in total. The van der Waals surface area contributed by atoms with Crippen LogP contribution < -0.4 is 14.2 Å². The number of para-hydroxylation sites is 1. The molecular weight excluding hydrogens is 354 g/mol. The summed E-state index contributed by atoms with van der Waals surface area (Å²) in [6.45, 7) is 1.25. The van der Waals surface area contributed by atoms with Crippen LogP contribution in [-0.2, 0) is 0 Å². The quantitative estimate of drug-likeness (QED) is 0.616. The Morgan fingerprint density at radius 3 is 2.39 bits per heavy atom. The van der Waals surface area contributed by atoms with Gasteiger partial charge in [0.05, 0.1) is 19.7 Å². The summed E-state index contributed by atoms with van der Waals surface area (Å²) in [4.78, 5) is 11.3. The van der Waals surface area contributed by atoms with E-state index in [0.717, 1.165) is 17.9 Å². The molecular formula is C22H23N3O3. The third-order valence-corrected chi connectivity index (χ3v) is 4.04. The Labute approximate surface area is 165 Å². The summed E-state index contributed by atoms with van der Waals surface area (Å²) in [5.41, 5.74) is 2.71. The second-order valence-electron chi connectivity index (χ2n) is 6.34. The molecule has 0 unspecified atom stereocenters. The average Bonchev–Trinajstić information content (AvgIpc) is 2.71. The van der Waals surface area contributed by atoms with E-state index >= 15 is 0 Å². The molecule has 3 aromatic rings. The first-order valence-electron chi connectivity index (χ1n) is 8.89. The molecule has 6 nitrogen and oxygen atoms in total. The molecule has 0 saturated heterocycles. The first kappa shape index (κ1) is 19.5. The molecule has 0 spiro atoms. The lowest BCUT2D eigenvalue weighted by atomic mass is 10.2. The molecule has 0 aliphatic heterocycles. The van der Waals surface area contributed by atoms with Crippen LogP contribution in [0.1, 0.15) is 11.3 Å². The van der Waals surface area contributed by atoms with E-state index in [4.69, 9.17) is 14.2 Å². The standard InChI is InChI=1S/C22H23N3O3/c1-25(2)14-15-28-22-19(13-10-16-8-11-17(26-3)12-9-16)23-18-6-5-7-20(27-4)21(18)24-22/h5-9,11-12H,14-15H2,1-4H3. The van der Waals surface area contributed by atoms with E-state index in [1.165, 1.54) is 0 Å². The van der Waals surface area contributed by atoms with Crippen molar-refractivity contribution in [3.8, 4) is 29.2 Å². The van der Waals surface area contributed by atoms with Gasteiger partial charge >= 0.3 is 0 Å². The third-order valence-electron chi connectivity index (χ3n) is 4.04. The Morgan fingerprint density at radius 1 is 0.929 bits per heavy atom. The van der Waals surface area contributed by atoms with E-state index in [1.807, 2.05) is 61.5 Å². The van der Waals surface area contributed by atoms with Gasteiger partial charge in [-0.15, -0.1) is 0 Å². The van der Waals surface area contributed by atoms with Crippen molar-refractivity contribution in [3.63, 3.8) is 0 Å². The lowest BCUT2D eigenvalue weighted by Gasteiger charge is -2.12. The molecule has 0 fully saturated rings. The van der Waals surface area contributed by atoms with Gasteiger partial charge in [-0.3, -0.25) is 0 Å². The Hall–Kier alpha value is -3.30. The minimum atomic E-state index is 0.403. The maximum absolute atomic E-state index is 5.89. The predicted octanol–water partition coefficient (Wildman–Crippen LogP) is 2.99. The summed E-state index contributed by atoms with van der Waals surface area (Å²) in [5, 5.41) is 0. The zero-order valence-corrected chi connectivity index (χ0v) is 16.5. The largest absolute Gasteiger partial charge is 0.497 e. The molecule has 0 atom stereocenters. The molecule has 0 aliphatic rings. The van der Waals surface area contributed by atoms with Gasteiger partial charge in [0.25, 0.3) is 0 Å². The monoisotopic (exact) mass is 377 g/mol. The van der Waals surface area contributed by atoms with Gasteiger partial charge in [0, 0.05) is 12.1 Å². The summed E-state index contributed by atoms with van der Waals surface area (Å²) >= 11 is 0. The van der Waals surface area contributed by atoms with E-state index in [0.29, 0.717) is 35.0 Å². The van der Waals surface area contributed by atoms with E-state index in [2.05, 4.69) is 21.8 Å². The van der Waals surface area contributed by atoms with Crippen LogP contribution in [-0.4, -0.2) is 56.3 Å². The van der Waals surface area contributed by atoms with Gasteiger partial charge in [0.1, 0.15) is 23.6 Å². The van der Waals surface area contributed by atoms with Crippen LogP contribution in [0.25, 0.3) is 11.0 Å². The number of rotatable bonds is 6. The van der Waals surface area contributed by atoms with Crippen molar-refractivity contribution in [1.82, 2.24) is 14.9 Å². The fourth-order valence-electron chi connectivity index (χ4n) is 2.51. The topological polar surface area (TPSA) is 56.7 Å². The smallest absolute Gasteiger partial charge is 0.249 e. The molecule has 1 heterocycles. The maximum atomic E-state index is 5.89. The molecule has 3 rings (SSSR count). The minimum Gasteiger partial charge on any atom is -0.497 e. The van der Waals surface area contributed by atoms with Crippen LogP contribution in [0.15, 0.2) is 42.5 Å². The zero-order chi connectivity index (χ0) is 19.9. The van der Waals surface area contributed by atoms with E-state index in [9.17, 15) is 0 Å². The maximum Gasteiger partial charge on any atom is 0.249 e. The number of hydrogen-bond donors (Lipinski definition) is 0. The SMILES string of the molecule is COc1ccc(C#Cc2nc3cccc(OC)c3nc2OCCN(C)C)cc1. The predicted molar refractivity (Wildman–Crippen MR) is 109 cm³/mol. The number of aromatic nitrogens is 2. The number of benzene rings is 2. The number of methoxy groups -OCH3 is 2. The van der Waals surface area contributed by atoms with E-state index < -0.39 is 0 Å². The first-order valence-corrected chi connectivity index (χ1v) is 8.89. The molecule has 6 heteroatoms. The van der Waals surface area contributed by atoms with Gasteiger partial charge in [-0.1, -0.05) is 12.0 Å². The number of likely N-dealkylation sites (N-methyl/N-ethyl adjacent to an activating group) is 1. The second-order valence-corrected chi connectivity index (χ2v) is 6.34. The molecule has 144 valence electrons. The Kier molecular flexibility index (Phi) is 6.30. The van der Waals surface area contributed by atoms with Gasteiger partial charge in [-0.2, -0.15) is 0 Å². The molecule has 0 amide bonds. The Balaban J connectivity index is 1.99. The highest BCUT2D eigenvalue weighted by molar-refractivity contribution is 5.82. The zero-order valence-electron chi connectivity index (χ0n) is 16.5. The second kappa shape index (κ2) is 9.07. The van der Waals surface area contributed by atoms with Crippen LogP contribution in [0.5, 0.6) is 17.4 Å². The molecule has 0 aliphatic carbocycles. The van der Waals surface area contributed by atoms with Gasteiger partial charge in [0.2, 0.25) is 5.88 Å². The summed E-state index contributed by atoms with van der Waals surface area (Å²) in [5.74, 6) is 8.05. The third kappa shape index (κ3) is 4.70. The fourth-order valence-corrected chi connectivity index (χ4v) is 2.51. The normalized spacial score (nSPS) is 10.5. The molecule has 1 aromatic heterocycles. The number of fused-ring (bicyclic) bond motifs is 1. The van der Waals surface area contributed by atoms with Crippen molar-refractivity contribution in [2.45, 2.75) is 0 Å². The summed E-state index contributed by atoms with van der Waals surface area (Å²) < 4.78 is 16.5. The molecule has 28 heavy (non-hydrogen) atoms. The lowest BCUT2D eigenvalue weighted by molar-refractivity contribution is 0.253. The molecule has 2 aromatic carbocycles. The summed E-state index contributed by atoms with van der Waals surface area (Å²) in [7, 11) is 7.23. The van der Waals surface area contributed by atoms with Crippen molar-refractivity contribution in [2.75, 3.05) is 41.5 Å². The highest BCUT2D eigenvalue weighted by Gasteiger charge is 2.12. The summed E-state index contributed by atoms with van der Waals surface area (Å²) in [6.07, 6.45) is 0. The Morgan fingerprint density at radius 2 is 1.71 bits per heavy atom. The fraction of sp³-hybridized carbons (Fsp3) is 0.273. The highest BCUT2D eigenvalue weighted by Crippen LogP contribution is 2.26. The van der Waals surface area contributed by atoms with Gasteiger partial charge in [-0.05, 0) is 56.4 Å². The summed E-state index contributed by atoms with van der Waals surface area (Å²) in [6, 6.07) is 13.1. The molecule has 0 bridgehead atoms. The minimum absolute atomic E-state index is 0.403. The van der Waals surface area contributed by atoms with Crippen LogP contribution in [0.2, 0.25) is 0 Å². The van der Waals surface area contributed by atoms with Crippen molar-refractivity contribution in [3.05, 3.63) is 53.7 Å². The van der Waals surface area contributed by atoms with Crippen molar-refractivity contribution in [1.29, 1.82) is 0 Å². The molecule has 0 saturated carbocycles. The van der Waals surface area contributed by atoms with Crippen LogP contribution in [0.4, 0.5) is 0 Å². The first-order chi connectivity index (χ1) is 13.6. The van der Waals surface area contributed by atoms with E-state index in [1.54, 1.807) is 14.2 Å². The average molecular weight is 377 g/mol. The molecule has 0 radical (unpaired) electrons. The van der Waals surface area contributed by atoms with Gasteiger partial charge in [-0.25, -0.2) is 9.97 Å². The van der Waals surface area contributed by atoms with Crippen molar-refractivity contribution < 1.29 is 14.2 Å². The number of ether oxygens (including phenoxy) is 3. The van der Waals surface area contributed by atoms with Crippen molar-refractivity contribution >= 4 is 11.0 Å². The number of nitrogens with zero attached hydrogens (tertiary/aromatic N) is 3.